The van der Waals surface area contributed by atoms with Crippen LogP contribution in [0.3, 0.4) is 0 Å². The van der Waals surface area contributed by atoms with Crippen LogP contribution < -0.4 is 0 Å². The topological polar surface area (TPSA) is 43.8 Å². The highest BCUT2D eigenvalue weighted by atomic mass is 19.3. The zero-order valence-corrected chi connectivity index (χ0v) is 15.6. The molecule has 6 heteroatoms. The lowest BCUT2D eigenvalue weighted by Gasteiger charge is -2.40. The third kappa shape index (κ3) is 3.74. The highest BCUT2D eigenvalue weighted by Crippen LogP contribution is 2.41. The molecule has 2 aliphatic heterocycles. The predicted molar refractivity (Wildman–Crippen MR) is 102 cm³/mol. The van der Waals surface area contributed by atoms with E-state index in [-0.39, 0.29) is 11.7 Å². The van der Waals surface area contributed by atoms with Gasteiger partial charge in [0, 0.05) is 13.1 Å². The number of amides is 1. The van der Waals surface area contributed by atoms with E-state index in [0.29, 0.717) is 38.0 Å². The summed E-state index contributed by atoms with van der Waals surface area (Å²) in [7, 11) is 0. The van der Waals surface area contributed by atoms with Crippen LogP contribution in [0.4, 0.5) is 8.78 Å². The molecule has 0 aliphatic carbocycles. The maximum absolute atomic E-state index is 14.9. The number of carbonyl (C=O) groups is 1. The summed E-state index contributed by atoms with van der Waals surface area (Å²) in [5, 5.41) is 9.39. The molecule has 2 fully saturated rings. The van der Waals surface area contributed by atoms with Gasteiger partial charge in [-0.3, -0.25) is 9.69 Å². The van der Waals surface area contributed by atoms with Crippen molar-refractivity contribution in [3.63, 3.8) is 0 Å². The molecule has 2 aromatic carbocycles. The van der Waals surface area contributed by atoms with E-state index in [9.17, 15) is 18.7 Å². The minimum absolute atomic E-state index is 0.0530. The molecular weight excluding hydrogens is 362 g/mol. The maximum atomic E-state index is 14.9. The Morgan fingerprint density at radius 1 is 1.00 bits per heavy atom. The number of aromatic hydroxyl groups is 1. The highest BCUT2D eigenvalue weighted by Gasteiger charge is 2.49. The van der Waals surface area contributed by atoms with Gasteiger partial charge in [0.1, 0.15) is 5.75 Å². The van der Waals surface area contributed by atoms with Crippen LogP contribution in [0.1, 0.15) is 29.9 Å². The number of halogens is 2. The van der Waals surface area contributed by atoms with Crippen LogP contribution >= 0.6 is 0 Å². The van der Waals surface area contributed by atoms with Crippen LogP contribution in [0.5, 0.6) is 5.75 Å². The summed E-state index contributed by atoms with van der Waals surface area (Å²) in [5.74, 6) is -3.79. The van der Waals surface area contributed by atoms with Gasteiger partial charge in [0.25, 0.3) is 5.92 Å². The summed E-state index contributed by atoms with van der Waals surface area (Å²) in [6.45, 7) is 1.18. The quantitative estimate of drug-likeness (QED) is 0.873. The number of nitrogens with zero attached hydrogens (tertiary/aromatic N) is 2. The number of piperidine rings is 1. The average Bonchev–Trinajstić information content (AvgIpc) is 3.03. The van der Waals surface area contributed by atoms with Crippen molar-refractivity contribution in [1.82, 2.24) is 9.80 Å². The van der Waals surface area contributed by atoms with Gasteiger partial charge in [-0.15, -0.1) is 0 Å². The van der Waals surface area contributed by atoms with E-state index in [1.54, 1.807) is 21.9 Å². The van der Waals surface area contributed by atoms with E-state index >= 15 is 0 Å². The Bertz CT molecular complexity index is 826. The zero-order valence-electron chi connectivity index (χ0n) is 15.6. The largest absolute Gasteiger partial charge is 0.508 e. The van der Waals surface area contributed by atoms with Gasteiger partial charge in [-0.25, -0.2) is 8.78 Å². The first-order valence-corrected chi connectivity index (χ1v) is 9.67. The molecule has 2 heterocycles. The van der Waals surface area contributed by atoms with Crippen LogP contribution in [0, 0.1) is 0 Å². The van der Waals surface area contributed by atoms with Crippen LogP contribution in [-0.4, -0.2) is 52.4 Å². The van der Waals surface area contributed by atoms with Gasteiger partial charge in [-0.05, 0) is 42.6 Å². The molecule has 148 valence electrons. The van der Waals surface area contributed by atoms with E-state index < -0.39 is 24.4 Å². The number of likely N-dealkylation sites (tertiary alicyclic amines) is 2. The van der Waals surface area contributed by atoms with Crippen molar-refractivity contribution in [3.8, 4) is 5.75 Å². The van der Waals surface area contributed by atoms with Gasteiger partial charge in [0.15, 0.2) is 0 Å². The van der Waals surface area contributed by atoms with Crippen molar-refractivity contribution in [2.24, 2.45) is 0 Å². The fourth-order valence-corrected chi connectivity index (χ4v) is 4.37. The van der Waals surface area contributed by atoms with Crippen LogP contribution in [-0.2, 0) is 11.3 Å². The standard InChI is InChI=1S/C22H24F2N2O2/c23-22(24)15-26(12-10-19(22)17-6-8-18(27)9-7-17)20-11-13-25(21(20)28)14-16-4-2-1-3-5-16/h1-9,19-20,27H,10-15H2/t19?,20-/m1/s1. The Labute approximate surface area is 163 Å². The average molecular weight is 386 g/mol. The first-order chi connectivity index (χ1) is 13.4. The van der Waals surface area contributed by atoms with Crippen molar-refractivity contribution >= 4 is 5.91 Å². The minimum Gasteiger partial charge on any atom is -0.508 e. The molecule has 28 heavy (non-hydrogen) atoms. The van der Waals surface area contributed by atoms with Crippen molar-refractivity contribution in [2.45, 2.75) is 37.3 Å². The summed E-state index contributed by atoms with van der Waals surface area (Å²) in [4.78, 5) is 16.2. The third-order valence-electron chi connectivity index (χ3n) is 5.85. The van der Waals surface area contributed by atoms with Crippen molar-refractivity contribution in [3.05, 3.63) is 65.7 Å². The first kappa shape index (κ1) is 18.9. The van der Waals surface area contributed by atoms with Gasteiger partial charge in [0.05, 0.1) is 18.5 Å². The van der Waals surface area contributed by atoms with Gasteiger partial charge < -0.3 is 10.0 Å². The number of benzene rings is 2. The SMILES string of the molecule is O=C1[C@H](N2CCC(c3ccc(O)cc3)C(F)(F)C2)CCN1Cc1ccccc1. The molecule has 2 atom stereocenters. The number of alkyl halides is 2. The molecule has 0 spiro atoms. The summed E-state index contributed by atoms with van der Waals surface area (Å²) in [6, 6.07) is 15.3. The molecular formula is C22H24F2N2O2. The molecule has 0 aromatic heterocycles. The second-order valence-electron chi connectivity index (χ2n) is 7.71. The van der Waals surface area contributed by atoms with E-state index in [0.717, 1.165) is 5.56 Å². The lowest BCUT2D eigenvalue weighted by atomic mass is 9.85. The Hall–Kier alpha value is -2.47. The van der Waals surface area contributed by atoms with Crippen LogP contribution in [0.2, 0.25) is 0 Å². The van der Waals surface area contributed by atoms with Gasteiger partial charge in [-0.1, -0.05) is 42.5 Å². The molecule has 2 aromatic rings. The molecule has 0 saturated carbocycles. The van der Waals surface area contributed by atoms with E-state index in [1.807, 2.05) is 30.3 Å². The van der Waals surface area contributed by atoms with Crippen LogP contribution in [0.25, 0.3) is 0 Å². The fourth-order valence-electron chi connectivity index (χ4n) is 4.37. The van der Waals surface area contributed by atoms with E-state index in [1.165, 1.54) is 12.1 Å². The molecule has 0 radical (unpaired) electrons. The molecule has 1 unspecified atom stereocenters. The summed E-state index contributed by atoms with van der Waals surface area (Å²) in [6.07, 6.45) is 0.881. The normalized spacial score (nSPS) is 25.2. The number of hydrogen-bond donors (Lipinski definition) is 1. The van der Waals surface area contributed by atoms with Crippen molar-refractivity contribution < 1.29 is 18.7 Å². The summed E-state index contributed by atoms with van der Waals surface area (Å²) < 4.78 is 29.8. The Morgan fingerprint density at radius 2 is 1.71 bits per heavy atom. The number of carbonyl (C=O) groups excluding carboxylic acids is 1. The number of rotatable bonds is 4. The molecule has 1 N–H and O–H groups in total. The smallest absolute Gasteiger partial charge is 0.267 e. The number of hydrogen-bond acceptors (Lipinski definition) is 3. The summed E-state index contributed by atoms with van der Waals surface area (Å²) >= 11 is 0. The third-order valence-corrected chi connectivity index (χ3v) is 5.85. The van der Waals surface area contributed by atoms with Crippen LogP contribution in [0.15, 0.2) is 54.6 Å². The highest BCUT2D eigenvalue weighted by molar-refractivity contribution is 5.84. The summed E-state index contributed by atoms with van der Waals surface area (Å²) in [5.41, 5.74) is 1.58. The van der Waals surface area contributed by atoms with E-state index in [4.69, 9.17) is 0 Å². The monoisotopic (exact) mass is 386 g/mol. The zero-order chi connectivity index (χ0) is 19.7. The first-order valence-electron chi connectivity index (χ1n) is 9.67. The molecule has 1 amide bonds. The van der Waals surface area contributed by atoms with Crippen molar-refractivity contribution in [2.75, 3.05) is 19.6 Å². The Balaban J connectivity index is 1.42. The fraction of sp³-hybridized carbons (Fsp3) is 0.409. The molecule has 4 rings (SSSR count). The second-order valence-corrected chi connectivity index (χ2v) is 7.71. The van der Waals surface area contributed by atoms with Gasteiger partial charge in [-0.2, -0.15) is 0 Å². The second kappa shape index (κ2) is 7.51. The molecule has 4 nitrogen and oxygen atoms in total. The number of phenols is 1. The molecule has 2 aliphatic rings. The lowest BCUT2D eigenvalue weighted by Crippen LogP contribution is -2.53. The Kier molecular flexibility index (Phi) is 5.06. The molecule has 0 bridgehead atoms. The Morgan fingerprint density at radius 3 is 2.39 bits per heavy atom. The maximum Gasteiger partial charge on any atom is 0.267 e. The lowest BCUT2D eigenvalue weighted by molar-refractivity contribution is -0.137. The van der Waals surface area contributed by atoms with E-state index in [2.05, 4.69) is 0 Å². The number of phenolic OH excluding ortho intramolecular Hbond substituents is 1. The predicted octanol–water partition coefficient (Wildman–Crippen LogP) is 3.62. The van der Waals surface area contributed by atoms with Gasteiger partial charge in [0.2, 0.25) is 5.91 Å². The van der Waals surface area contributed by atoms with Gasteiger partial charge >= 0.3 is 0 Å². The minimum atomic E-state index is -2.91. The van der Waals surface area contributed by atoms with Crippen molar-refractivity contribution in [1.29, 1.82) is 0 Å². The molecule has 2 saturated heterocycles.